The smallest absolute Gasteiger partial charge is 0.0471 e. The third-order valence-electron chi connectivity index (χ3n) is 3.09. The standard InChI is InChI=1S/C14H22O2/c1-3-13-11(7-9-15)5-6-12(8-10-16)14(13)4-2/h5-6,15-16H,3-4,7-10H2,1-2H3. The lowest BCUT2D eigenvalue weighted by Gasteiger charge is -2.16. The summed E-state index contributed by atoms with van der Waals surface area (Å²) >= 11 is 0. The largest absolute Gasteiger partial charge is 0.396 e. The van der Waals surface area contributed by atoms with Gasteiger partial charge in [0.25, 0.3) is 0 Å². The summed E-state index contributed by atoms with van der Waals surface area (Å²) in [6, 6.07) is 4.19. The maximum absolute atomic E-state index is 9.04. The molecule has 0 saturated carbocycles. The average molecular weight is 222 g/mol. The van der Waals surface area contributed by atoms with Crippen molar-refractivity contribution in [2.45, 2.75) is 39.5 Å². The molecule has 0 spiro atoms. The van der Waals surface area contributed by atoms with Crippen LogP contribution in [0.1, 0.15) is 36.1 Å². The molecule has 0 saturated heterocycles. The van der Waals surface area contributed by atoms with Crippen molar-refractivity contribution in [3.63, 3.8) is 0 Å². The molecule has 1 aromatic rings. The molecule has 0 aliphatic carbocycles. The Balaban J connectivity index is 3.16. The SMILES string of the molecule is CCc1c(CCO)ccc(CCO)c1CC. The Hall–Kier alpha value is -0.860. The van der Waals surface area contributed by atoms with Crippen LogP contribution in [-0.4, -0.2) is 23.4 Å². The van der Waals surface area contributed by atoms with Crippen molar-refractivity contribution in [1.29, 1.82) is 0 Å². The average Bonchev–Trinajstić information content (AvgIpc) is 2.31. The maximum Gasteiger partial charge on any atom is 0.0471 e. The molecule has 2 heteroatoms. The van der Waals surface area contributed by atoms with E-state index in [-0.39, 0.29) is 13.2 Å². The fourth-order valence-electron chi connectivity index (χ4n) is 2.38. The fourth-order valence-corrected chi connectivity index (χ4v) is 2.38. The number of hydrogen-bond donors (Lipinski definition) is 2. The van der Waals surface area contributed by atoms with Gasteiger partial charge in [0.15, 0.2) is 0 Å². The normalized spacial score (nSPS) is 10.8. The molecule has 16 heavy (non-hydrogen) atoms. The van der Waals surface area contributed by atoms with E-state index in [2.05, 4.69) is 26.0 Å². The van der Waals surface area contributed by atoms with E-state index in [9.17, 15) is 0 Å². The van der Waals surface area contributed by atoms with Gasteiger partial charge in [0, 0.05) is 13.2 Å². The summed E-state index contributed by atoms with van der Waals surface area (Å²) in [6.07, 6.45) is 3.46. The Kier molecular flexibility index (Phi) is 5.50. The third kappa shape index (κ3) is 2.83. The van der Waals surface area contributed by atoms with Gasteiger partial charge in [-0.3, -0.25) is 0 Å². The summed E-state index contributed by atoms with van der Waals surface area (Å²) in [7, 11) is 0. The second kappa shape index (κ2) is 6.66. The minimum absolute atomic E-state index is 0.204. The molecule has 0 aromatic heterocycles. The Bertz CT molecular complexity index is 299. The molecule has 0 unspecified atom stereocenters. The van der Waals surface area contributed by atoms with Crippen molar-refractivity contribution < 1.29 is 10.2 Å². The van der Waals surface area contributed by atoms with Gasteiger partial charge < -0.3 is 10.2 Å². The van der Waals surface area contributed by atoms with Gasteiger partial charge >= 0.3 is 0 Å². The lowest BCUT2D eigenvalue weighted by atomic mass is 9.90. The fraction of sp³-hybridized carbons (Fsp3) is 0.571. The number of hydrogen-bond acceptors (Lipinski definition) is 2. The molecule has 1 aromatic carbocycles. The van der Waals surface area contributed by atoms with Crippen molar-refractivity contribution in [3.05, 3.63) is 34.4 Å². The van der Waals surface area contributed by atoms with Crippen LogP contribution in [0, 0.1) is 0 Å². The predicted octanol–water partition coefficient (Wildman–Crippen LogP) is 1.88. The van der Waals surface area contributed by atoms with Gasteiger partial charge in [-0.15, -0.1) is 0 Å². The zero-order chi connectivity index (χ0) is 12.0. The van der Waals surface area contributed by atoms with E-state index in [1.165, 1.54) is 22.3 Å². The zero-order valence-electron chi connectivity index (χ0n) is 10.3. The predicted molar refractivity (Wildman–Crippen MR) is 66.8 cm³/mol. The van der Waals surface area contributed by atoms with E-state index in [1.54, 1.807) is 0 Å². The van der Waals surface area contributed by atoms with Gasteiger partial charge in [-0.25, -0.2) is 0 Å². The highest BCUT2D eigenvalue weighted by atomic mass is 16.3. The number of aliphatic hydroxyl groups is 2. The van der Waals surface area contributed by atoms with Crippen molar-refractivity contribution in [1.82, 2.24) is 0 Å². The van der Waals surface area contributed by atoms with Crippen LogP contribution in [0.5, 0.6) is 0 Å². The van der Waals surface area contributed by atoms with E-state index in [0.29, 0.717) is 0 Å². The van der Waals surface area contributed by atoms with Crippen LogP contribution in [0.15, 0.2) is 12.1 Å². The molecule has 0 aliphatic rings. The molecule has 0 atom stereocenters. The van der Waals surface area contributed by atoms with E-state index in [1.807, 2.05) is 0 Å². The highest BCUT2D eigenvalue weighted by Gasteiger charge is 2.09. The van der Waals surface area contributed by atoms with Crippen molar-refractivity contribution in [3.8, 4) is 0 Å². The zero-order valence-corrected chi connectivity index (χ0v) is 10.3. The number of benzene rings is 1. The third-order valence-corrected chi connectivity index (χ3v) is 3.09. The molecule has 1 rings (SSSR count). The first-order valence-corrected chi connectivity index (χ1v) is 6.12. The molecular formula is C14H22O2. The first kappa shape index (κ1) is 13.2. The summed E-state index contributed by atoms with van der Waals surface area (Å²) in [5.41, 5.74) is 5.23. The van der Waals surface area contributed by atoms with Gasteiger partial charge in [0.05, 0.1) is 0 Å². The second-order valence-electron chi connectivity index (χ2n) is 4.00. The van der Waals surface area contributed by atoms with Gasteiger partial charge in [-0.1, -0.05) is 26.0 Å². The number of rotatable bonds is 6. The topological polar surface area (TPSA) is 40.5 Å². The minimum atomic E-state index is 0.204. The Labute approximate surface area is 97.9 Å². The highest BCUT2D eigenvalue weighted by molar-refractivity contribution is 5.41. The van der Waals surface area contributed by atoms with Crippen molar-refractivity contribution in [2.24, 2.45) is 0 Å². The van der Waals surface area contributed by atoms with Crippen LogP contribution < -0.4 is 0 Å². The molecule has 2 N–H and O–H groups in total. The van der Waals surface area contributed by atoms with Crippen LogP contribution in [0.25, 0.3) is 0 Å². The van der Waals surface area contributed by atoms with Gasteiger partial charge in [0.2, 0.25) is 0 Å². The minimum Gasteiger partial charge on any atom is -0.396 e. The summed E-state index contributed by atoms with van der Waals surface area (Å²) in [4.78, 5) is 0. The number of aliphatic hydroxyl groups excluding tert-OH is 2. The molecule has 0 radical (unpaired) electrons. The summed E-state index contributed by atoms with van der Waals surface area (Å²) in [6.45, 7) is 4.71. The Morgan fingerprint density at radius 3 is 1.44 bits per heavy atom. The van der Waals surface area contributed by atoms with Crippen LogP contribution in [0.2, 0.25) is 0 Å². The molecule has 2 nitrogen and oxygen atoms in total. The molecule has 0 aliphatic heterocycles. The molecular weight excluding hydrogens is 200 g/mol. The van der Waals surface area contributed by atoms with E-state index in [0.717, 1.165) is 25.7 Å². The lowest BCUT2D eigenvalue weighted by Crippen LogP contribution is -2.06. The first-order valence-electron chi connectivity index (χ1n) is 6.12. The second-order valence-corrected chi connectivity index (χ2v) is 4.00. The van der Waals surface area contributed by atoms with Crippen LogP contribution in [0.4, 0.5) is 0 Å². The van der Waals surface area contributed by atoms with Gasteiger partial charge in [-0.2, -0.15) is 0 Å². The van der Waals surface area contributed by atoms with E-state index < -0.39 is 0 Å². The van der Waals surface area contributed by atoms with Crippen LogP contribution in [0.3, 0.4) is 0 Å². The maximum atomic E-state index is 9.04. The van der Waals surface area contributed by atoms with E-state index in [4.69, 9.17) is 10.2 Å². The summed E-state index contributed by atoms with van der Waals surface area (Å²) in [5, 5.41) is 18.1. The van der Waals surface area contributed by atoms with Crippen molar-refractivity contribution >= 4 is 0 Å². The van der Waals surface area contributed by atoms with Gasteiger partial charge in [-0.05, 0) is 47.9 Å². The first-order chi connectivity index (χ1) is 7.78. The molecule has 90 valence electrons. The Morgan fingerprint density at radius 1 is 0.812 bits per heavy atom. The monoisotopic (exact) mass is 222 g/mol. The lowest BCUT2D eigenvalue weighted by molar-refractivity contribution is 0.297. The summed E-state index contributed by atoms with van der Waals surface area (Å²) < 4.78 is 0. The van der Waals surface area contributed by atoms with Crippen molar-refractivity contribution in [2.75, 3.05) is 13.2 Å². The van der Waals surface area contributed by atoms with Crippen LogP contribution >= 0.6 is 0 Å². The van der Waals surface area contributed by atoms with E-state index >= 15 is 0 Å². The quantitative estimate of drug-likeness (QED) is 0.771. The molecule has 0 heterocycles. The van der Waals surface area contributed by atoms with Crippen LogP contribution in [-0.2, 0) is 25.7 Å². The molecule has 0 bridgehead atoms. The molecule has 0 amide bonds. The summed E-state index contributed by atoms with van der Waals surface area (Å²) in [5.74, 6) is 0. The molecule has 0 fully saturated rings. The Morgan fingerprint density at radius 2 is 1.19 bits per heavy atom. The van der Waals surface area contributed by atoms with Gasteiger partial charge in [0.1, 0.15) is 0 Å². The highest BCUT2D eigenvalue weighted by Crippen LogP contribution is 2.22.